The number of aryl methyl sites for hydroxylation is 3. The van der Waals surface area contributed by atoms with Gasteiger partial charge in [0.2, 0.25) is 0 Å². The van der Waals surface area contributed by atoms with Crippen molar-refractivity contribution in [3.63, 3.8) is 0 Å². The first kappa shape index (κ1) is 9.76. The van der Waals surface area contributed by atoms with E-state index in [1.807, 2.05) is 18.5 Å². The van der Waals surface area contributed by atoms with Crippen LogP contribution in [0.3, 0.4) is 0 Å². The molecule has 0 amide bonds. The monoisotopic (exact) mass is 207 g/mol. The van der Waals surface area contributed by atoms with E-state index >= 15 is 0 Å². The molecule has 5 nitrogen and oxygen atoms in total. The maximum atomic E-state index is 11.8. The second kappa shape index (κ2) is 2.85. The Bertz CT molecular complexity index is 658. The largest absolute Gasteiger partial charge is 0.334 e. The lowest BCUT2D eigenvalue weighted by Crippen LogP contribution is -2.37. The standard InChI is InChI=1S/C10H13N3O2/c1-6-5-7-8(11(6)2)12(3)10(15)13(4)9(7)14/h5H,1-4H3. The molecule has 2 rings (SSSR count). The Labute approximate surface area is 86.2 Å². The normalized spacial score (nSPS) is 11.2. The third-order valence-corrected chi connectivity index (χ3v) is 2.87. The number of fused-ring (bicyclic) bond motifs is 1. The van der Waals surface area contributed by atoms with Gasteiger partial charge in [-0.15, -0.1) is 0 Å². The summed E-state index contributed by atoms with van der Waals surface area (Å²) in [6, 6.07) is 1.80. The molecule has 2 aromatic heterocycles. The minimum Gasteiger partial charge on any atom is -0.334 e. The van der Waals surface area contributed by atoms with E-state index in [9.17, 15) is 9.59 Å². The van der Waals surface area contributed by atoms with Crippen molar-refractivity contribution in [2.75, 3.05) is 0 Å². The van der Waals surface area contributed by atoms with Gasteiger partial charge in [0.1, 0.15) is 5.65 Å². The minimum absolute atomic E-state index is 0.239. The number of aromatic nitrogens is 3. The molecule has 0 bridgehead atoms. The Kier molecular flexibility index (Phi) is 1.86. The van der Waals surface area contributed by atoms with Crippen molar-refractivity contribution in [1.29, 1.82) is 0 Å². The summed E-state index contributed by atoms with van der Waals surface area (Å²) >= 11 is 0. The molecular weight excluding hydrogens is 194 g/mol. The zero-order chi connectivity index (χ0) is 11.3. The van der Waals surface area contributed by atoms with Crippen molar-refractivity contribution >= 4 is 11.0 Å². The fourth-order valence-electron chi connectivity index (χ4n) is 1.86. The van der Waals surface area contributed by atoms with E-state index < -0.39 is 0 Å². The molecule has 15 heavy (non-hydrogen) atoms. The van der Waals surface area contributed by atoms with Crippen molar-refractivity contribution in [3.8, 4) is 0 Å². The zero-order valence-corrected chi connectivity index (χ0v) is 9.24. The van der Waals surface area contributed by atoms with Crippen LogP contribution in [-0.2, 0) is 21.1 Å². The molecule has 5 heteroatoms. The molecule has 0 radical (unpaired) electrons. The first-order chi connectivity index (χ1) is 6.95. The van der Waals surface area contributed by atoms with Gasteiger partial charge in [0.05, 0.1) is 5.39 Å². The van der Waals surface area contributed by atoms with Crippen LogP contribution in [0.4, 0.5) is 0 Å². The highest BCUT2D eigenvalue weighted by Gasteiger charge is 2.12. The van der Waals surface area contributed by atoms with Crippen LogP contribution >= 0.6 is 0 Å². The highest BCUT2D eigenvalue weighted by Crippen LogP contribution is 2.11. The molecule has 0 aliphatic carbocycles. The van der Waals surface area contributed by atoms with Crippen LogP contribution in [0.1, 0.15) is 5.69 Å². The number of rotatable bonds is 0. The van der Waals surface area contributed by atoms with Gasteiger partial charge in [-0.05, 0) is 13.0 Å². The summed E-state index contributed by atoms with van der Waals surface area (Å²) < 4.78 is 4.46. The average Bonchev–Trinajstić information content (AvgIpc) is 2.50. The van der Waals surface area contributed by atoms with Gasteiger partial charge in [0.25, 0.3) is 5.56 Å². The topological polar surface area (TPSA) is 48.9 Å². The highest BCUT2D eigenvalue weighted by atomic mass is 16.2. The molecule has 80 valence electrons. The maximum Gasteiger partial charge on any atom is 0.332 e. The van der Waals surface area contributed by atoms with E-state index in [0.717, 1.165) is 10.3 Å². The third-order valence-electron chi connectivity index (χ3n) is 2.87. The highest BCUT2D eigenvalue weighted by molar-refractivity contribution is 5.76. The molecule has 0 saturated heterocycles. The fraction of sp³-hybridized carbons (Fsp3) is 0.400. The summed E-state index contributed by atoms with van der Waals surface area (Å²) in [5, 5.41) is 0.583. The van der Waals surface area contributed by atoms with Crippen molar-refractivity contribution in [2.45, 2.75) is 6.92 Å². The van der Waals surface area contributed by atoms with Crippen LogP contribution < -0.4 is 11.2 Å². The van der Waals surface area contributed by atoms with Gasteiger partial charge in [0.15, 0.2) is 0 Å². The molecule has 0 saturated carbocycles. The Hall–Kier alpha value is -1.78. The molecule has 0 aliphatic rings. The number of hydrogen-bond donors (Lipinski definition) is 0. The van der Waals surface area contributed by atoms with Crippen LogP contribution in [0.15, 0.2) is 15.7 Å². The van der Waals surface area contributed by atoms with E-state index in [0.29, 0.717) is 11.0 Å². The molecule has 0 aliphatic heterocycles. The van der Waals surface area contributed by atoms with E-state index in [4.69, 9.17) is 0 Å². The van der Waals surface area contributed by atoms with Crippen LogP contribution in [0.2, 0.25) is 0 Å². The van der Waals surface area contributed by atoms with Crippen molar-refractivity contribution in [2.24, 2.45) is 21.1 Å². The molecule has 0 N–H and O–H groups in total. The predicted molar refractivity (Wildman–Crippen MR) is 58.1 cm³/mol. The molecular formula is C10H13N3O2. The van der Waals surface area contributed by atoms with Gasteiger partial charge in [-0.2, -0.15) is 0 Å². The Morgan fingerprint density at radius 2 is 1.60 bits per heavy atom. The van der Waals surface area contributed by atoms with Crippen LogP contribution in [-0.4, -0.2) is 13.7 Å². The van der Waals surface area contributed by atoms with Gasteiger partial charge in [-0.1, -0.05) is 0 Å². The molecule has 0 spiro atoms. The van der Waals surface area contributed by atoms with Crippen LogP contribution in [0, 0.1) is 6.92 Å². The first-order valence-electron chi connectivity index (χ1n) is 4.67. The third kappa shape index (κ3) is 1.09. The van der Waals surface area contributed by atoms with Gasteiger partial charge >= 0.3 is 5.69 Å². The van der Waals surface area contributed by atoms with E-state index in [2.05, 4.69) is 0 Å². The Morgan fingerprint density at radius 1 is 1.00 bits per heavy atom. The van der Waals surface area contributed by atoms with Crippen molar-refractivity contribution in [3.05, 3.63) is 32.6 Å². The summed E-state index contributed by atoms with van der Waals surface area (Å²) in [5.74, 6) is 0. The summed E-state index contributed by atoms with van der Waals surface area (Å²) in [7, 11) is 5.01. The molecule has 0 unspecified atom stereocenters. The Morgan fingerprint density at radius 3 is 2.20 bits per heavy atom. The molecule has 2 heterocycles. The SMILES string of the molecule is Cc1cc2c(=O)n(C)c(=O)n(C)c2n1C. The van der Waals surface area contributed by atoms with E-state index in [1.54, 1.807) is 13.1 Å². The summed E-state index contributed by atoms with van der Waals surface area (Å²) in [6.45, 7) is 1.91. The number of nitrogens with zero attached hydrogens (tertiary/aromatic N) is 3. The van der Waals surface area contributed by atoms with Gasteiger partial charge in [-0.3, -0.25) is 13.9 Å². The second-order valence-electron chi connectivity index (χ2n) is 3.79. The van der Waals surface area contributed by atoms with Gasteiger partial charge in [-0.25, -0.2) is 4.79 Å². The first-order valence-corrected chi connectivity index (χ1v) is 4.67. The number of hydrogen-bond acceptors (Lipinski definition) is 2. The summed E-state index contributed by atoms with van der Waals surface area (Å²) in [5.41, 5.74) is 1.09. The van der Waals surface area contributed by atoms with Crippen molar-refractivity contribution in [1.82, 2.24) is 13.7 Å². The molecule has 0 aromatic carbocycles. The van der Waals surface area contributed by atoms with Crippen molar-refractivity contribution < 1.29 is 0 Å². The van der Waals surface area contributed by atoms with Crippen LogP contribution in [0.25, 0.3) is 11.0 Å². The average molecular weight is 207 g/mol. The molecule has 2 aromatic rings. The predicted octanol–water partition coefficient (Wildman–Crippen LogP) is -0.116. The molecule has 0 fully saturated rings. The maximum absolute atomic E-state index is 11.8. The summed E-state index contributed by atoms with van der Waals surface area (Å²) in [4.78, 5) is 23.5. The van der Waals surface area contributed by atoms with E-state index in [1.165, 1.54) is 11.6 Å². The second-order valence-corrected chi connectivity index (χ2v) is 3.79. The Balaban J connectivity index is 3.23. The quantitative estimate of drug-likeness (QED) is 0.605. The zero-order valence-electron chi connectivity index (χ0n) is 9.24. The lowest BCUT2D eigenvalue weighted by atomic mass is 10.4. The van der Waals surface area contributed by atoms with Gasteiger partial charge in [0, 0.05) is 26.8 Å². The minimum atomic E-state index is -0.297. The lowest BCUT2D eigenvalue weighted by molar-refractivity contribution is 0.696. The van der Waals surface area contributed by atoms with E-state index in [-0.39, 0.29) is 11.2 Å². The molecule has 0 atom stereocenters. The smallest absolute Gasteiger partial charge is 0.332 e. The van der Waals surface area contributed by atoms with Crippen LogP contribution in [0.5, 0.6) is 0 Å². The summed E-state index contributed by atoms with van der Waals surface area (Å²) in [6.07, 6.45) is 0. The fourth-order valence-corrected chi connectivity index (χ4v) is 1.86. The van der Waals surface area contributed by atoms with Gasteiger partial charge < -0.3 is 4.57 Å². The lowest BCUT2D eigenvalue weighted by Gasteiger charge is -2.06.